The van der Waals surface area contributed by atoms with Crippen LogP contribution in [0.15, 0.2) is 18.2 Å². The lowest BCUT2D eigenvalue weighted by Gasteiger charge is -2.36. The monoisotopic (exact) mass is 372 g/mol. The summed E-state index contributed by atoms with van der Waals surface area (Å²) in [4.78, 5) is 0. The van der Waals surface area contributed by atoms with Gasteiger partial charge in [0.15, 0.2) is 11.5 Å². The molecule has 1 heterocycles. The van der Waals surface area contributed by atoms with Crippen LogP contribution in [0.5, 0.6) is 11.5 Å². The molecule has 0 spiro atoms. The fourth-order valence-corrected chi connectivity index (χ4v) is 4.47. The molecule has 0 amide bonds. The maximum absolute atomic E-state index is 12.8. The quantitative estimate of drug-likeness (QED) is 0.726. The molecule has 1 aromatic carbocycles. The molecule has 0 N–H and O–H groups in total. The smallest absolute Gasteiger partial charge is 0.281 e. The molecule has 1 fully saturated rings. The topological polar surface area (TPSA) is 68.3 Å². The summed E-state index contributed by atoms with van der Waals surface area (Å²) in [6, 6.07) is 5.62. The highest BCUT2D eigenvalue weighted by Gasteiger charge is 2.33. The lowest BCUT2D eigenvalue weighted by atomic mass is 10.1. The molecule has 2 atom stereocenters. The van der Waals surface area contributed by atoms with Crippen LogP contribution in [0.4, 0.5) is 0 Å². The van der Waals surface area contributed by atoms with Gasteiger partial charge in [0.05, 0.1) is 26.4 Å². The molecule has 142 valence electrons. The average Bonchev–Trinajstić information content (AvgIpc) is 2.58. The second-order valence-electron chi connectivity index (χ2n) is 6.34. The van der Waals surface area contributed by atoms with Crippen LogP contribution < -0.4 is 9.47 Å². The lowest BCUT2D eigenvalue weighted by molar-refractivity contribution is -0.0452. The first kappa shape index (κ1) is 20.0. The summed E-state index contributed by atoms with van der Waals surface area (Å²) in [7, 11) is 1.28. The fraction of sp³-hybridized carbons (Fsp3) is 0.647. The first-order valence-corrected chi connectivity index (χ1v) is 9.75. The van der Waals surface area contributed by atoms with Crippen molar-refractivity contribution in [3.05, 3.63) is 23.8 Å². The van der Waals surface area contributed by atoms with Crippen LogP contribution in [0.1, 0.15) is 19.4 Å². The summed E-state index contributed by atoms with van der Waals surface area (Å²) < 4.78 is 44.6. The maximum Gasteiger partial charge on any atom is 0.281 e. The number of hydrogen-bond donors (Lipinski definition) is 0. The number of benzene rings is 1. The Kier molecular flexibility index (Phi) is 6.67. The minimum atomic E-state index is -3.50. The fourth-order valence-electron chi connectivity index (χ4n) is 2.95. The highest BCUT2D eigenvalue weighted by atomic mass is 32.2. The first-order chi connectivity index (χ1) is 11.8. The van der Waals surface area contributed by atoms with E-state index in [1.165, 1.54) is 8.61 Å². The van der Waals surface area contributed by atoms with E-state index >= 15 is 0 Å². The number of rotatable bonds is 7. The van der Waals surface area contributed by atoms with Crippen molar-refractivity contribution in [2.75, 3.05) is 40.9 Å². The van der Waals surface area contributed by atoms with Gasteiger partial charge in [0.1, 0.15) is 0 Å². The minimum absolute atomic E-state index is 0.0993. The van der Waals surface area contributed by atoms with Crippen LogP contribution in [-0.4, -0.2) is 70.1 Å². The zero-order valence-corrected chi connectivity index (χ0v) is 16.4. The summed E-state index contributed by atoms with van der Waals surface area (Å²) >= 11 is 0. The van der Waals surface area contributed by atoms with Crippen molar-refractivity contribution >= 4 is 10.2 Å². The van der Waals surface area contributed by atoms with E-state index < -0.39 is 10.2 Å². The van der Waals surface area contributed by atoms with E-state index in [0.29, 0.717) is 37.6 Å². The highest BCUT2D eigenvalue weighted by molar-refractivity contribution is 7.86. The minimum Gasteiger partial charge on any atom is -0.493 e. The zero-order chi connectivity index (χ0) is 18.6. The van der Waals surface area contributed by atoms with Gasteiger partial charge in [-0.1, -0.05) is 6.07 Å². The molecule has 8 heteroatoms. The Balaban J connectivity index is 2.02. The molecule has 0 aromatic heterocycles. The van der Waals surface area contributed by atoms with Crippen molar-refractivity contribution < 1.29 is 22.6 Å². The third-order valence-corrected chi connectivity index (χ3v) is 6.19. The molecule has 0 unspecified atom stereocenters. The van der Waals surface area contributed by atoms with Gasteiger partial charge in [-0.3, -0.25) is 0 Å². The van der Waals surface area contributed by atoms with Crippen molar-refractivity contribution in [3.8, 4) is 11.5 Å². The predicted octanol–water partition coefficient (Wildman–Crippen LogP) is 1.53. The Morgan fingerprint density at radius 2 is 1.76 bits per heavy atom. The molecule has 7 nitrogen and oxygen atoms in total. The van der Waals surface area contributed by atoms with E-state index in [2.05, 4.69) is 0 Å². The Bertz CT molecular complexity index is 670. The zero-order valence-electron chi connectivity index (χ0n) is 15.6. The molecule has 25 heavy (non-hydrogen) atoms. The summed E-state index contributed by atoms with van der Waals surface area (Å²) in [5.74, 6) is 1.30. The van der Waals surface area contributed by atoms with Crippen molar-refractivity contribution in [1.82, 2.24) is 8.61 Å². The standard InChI is InChI=1S/C17H28N2O5S/c1-13-11-19(12-14(2)24-13)25(20,21)18(3)9-8-15-6-7-16(22-4)17(10-15)23-5/h6-7,10,13-14H,8-9,11-12H2,1-5H3/t13-,14+. The Hall–Kier alpha value is -1.35. The second-order valence-corrected chi connectivity index (χ2v) is 8.38. The third kappa shape index (κ3) is 4.84. The molecule has 0 aliphatic carbocycles. The van der Waals surface area contributed by atoms with Gasteiger partial charge in [-0.05, 0) is 38.0 Å². The highest BCUT2D eigenvalue weighted by Crippen LogP contribution is 2.28. The van der Waals surface area contributed by atoms with E-state index in [0.717, 1.165) is 5.56 Å². The summed E-state index contributed by atoms with van der Waals surface area (Å²) in [5, 5.41) is 0. The molecule has 1 aromatic rings. The largest absolute Gasteiger partial charge is 0.493 e. The predicted molar refractivity (Wildman–Crippen MR) is 96.4 cm³/mol. The van der Waals surface area contributed by atoms with Gasteiger partial charge >= 0.3 is 0 Å². The molecule has 1 aliphatic rings. The van der Waals surface area contributed by atoms with Crippen molar-refractivity contribution in [1.29, 1.82) is 0 Å². The van der Waals surface area contributed by atoms with Gasteiger partial charge in [-0.15, -0.1) is 0 Å². The first-order valence-electron chi connectivity index (χ1n) is 8.35. The van der Waals surface area contributed by atoms with Crippen LogP contribution in [0.2, 0.25) is 0 Å². The second kappa shape index (κ2) is 8.35. The lowest BCUT2D eigenvalue weighted by Crippen LogP contribution is -2.52. The Labute approximate surface area is 150 Å². The van der Waals surface area contributed by atoms with Gasteiger partial charge in [-0.2, -0.15) is 17.0 Å². The van der Waals surface area contributed by atoms with E-state index in [1.54, 1.807) is 21.3 Å². The number of nitrogens with zero attached hydrogens (tertiary/aromatic N) is 2. The summed E-state index contributed by atoms with van der Waals surface area (Å²) in [5.41, 5.74) is 0.989. The third-order valence-electron chi connectivity index (χ3n) is 4.27. The van der Waals surface area contributed by atoms with Crippen LogP contribution in [0, 0.1) is 0 Å². The Morgan fingerprint density at radius 3 is 2.32 bits per heavy atom. The van der Waals surface area contributed by atoms with Gasteiger partial charge in [-0.25, -0.2) is 0 Å². The average molecular weight is 372 g/mol. The van der Waals surface area contributed by atoms with Gasteiger partial charge in [0.2, 0.25) is 0 Å². The normalized spacial score (nSPS) is 22.2. The number of ether oxygens (including phenoxy) is 3. The van der Waals surface area contributed by atoms with Crippen molar-refractivity contribution in [3.63, 3.8) is 0 Å². The van der Waals surface area contributed by atoms with Crippen molar-refractivity contribution in [2.24, 2.45) is 0 Å². The molecule has 2 rings (SSSR count). The van der Waals surface area contributed by atoms with Crippen LogP contribution in [0.25, 0.3) is 0 Å². The molecular weight excluding hydrogens is 344 g/mol. The number of likely N-dealkylation sites (N-methyl/N-ethyl adjacent to an activating group) is 1. The van der Waals surface area contributed by atoms with Crippen LogP contribution in [-0.2, 0) is 21.4 Å². The molecule has 1 saturated heterocycles. The SMILES string of the molecule is COc1ccc(CCN(C)S(=O)(=O)N2C[C@@H](C)O[C@@H](C)C2)cc1OC. The molecular formula is C17H28N2O5S. The van der Waals surface area contributed by atoms with Gasteiger partial charge < -0.3 is 14.2 Å². The molecule has 0 saturated carbocycles. The van der Waals surface area contributed by atoms with Gasteiger partial charge in [0, 0.05) is 26.7 Å². The summed E-state index contributed by atoms with van der Waals surface area (Å²) in [6.07, 6.45) is 0.390. The van der Waals surface area contributed by atoms with E-state index in [4.69, 9.17) is 14.2 Å². The molecule has 1 aliphatic heterocycles. The van der Waals surface area contributed by atoms with E-state index in [9.17, 15) is 8.42 Å². The molecule has 0 radical (unpaired) electrons. The number of hydrogen-bond acceptors (Lipinski definition) is 5. The molecule has 0 bridgehead atoms. The van der Waals surface area contributed by atoms with Crippen LogP contribution in [0.3, 0.4) is 0 Å². The van der Waals surface area contributed by atoms with E-state index in [-0.39, 0.29) is 12.2 Å². The summed E-state index contributed by atoms with van der Waals surface area (Å²) in [6.45, 7) is 4.93. The van der Waals surface area contributed by atoms with Gasteiger partial charge in [0.25, 0.3) is 10.2 Å². The Morgan fingerprint density at radius 1 is 1.16 bits per heavy atom. The number of methoxy groups -OCH3 is 2. The van der Waals surface area contributed by atoms with E-state index in [1.807, 2.05) is 32.0 Å². The van der Waals surface area contributed by atoms with Crippen molar-refractivity contribution in [2.45, 2.75) is 32.5 Å². The van der Waals surface area contributed by atoms with Crippen LogP contribution >= 0.6 is 0 Å². The number of morpholine rings is 1. The maximum atomic E-state index is 12.8.